The van der Waals surface area contributed by atoms with Crippen LogP contribution in [0.4, 0.5) is 14.6 Å². The van der Waals surface area contributed by atoms with Gasteiger partial charge in [0.1, 0.15) is 24.1 Å². The highest BCUT2D eigenvalue weighted by atomic mass is 32.2. The number of ether oxygens (including phenoxy) is 2. The maximum absolute atomic E-state index is 14.4. The van der Waals surface area contributed by atoms with Crippen molar-refractivity contribution in [3.63, 3.8) is 0 Å². The zero-order chi connectivity index (χ0) is 33.3. The number of halogens is 2. The first-order valence-corrected chi connectivity index (χ1v) is 18.4. The molecule has 1 aromatic carbocycles. The number of amides is 1. The Morgan fingerprint density at radius 1 is 1.19 bits per heavy atom. The molecule has 1 aliphatic carbocycles. The van der Waals surface area contributed by atoms with Gasteiger partial charge < -0.3 is 24.2 Å². The molecular weight excluding hydrogens is 630 g/mol. The molecule has 2 aromatic rings. The number of carbonyl (C=O) groups is 1. The van der Waals surface area contributed by atoms with Crippen molar-refractivity contribution < 1.29 is 31.5 Å². The second-order valence-electron chi connectivity index (χ2n) is 13.9. The molecule has 2 atom stereocenters. The molecule has 0 bridgehead atoms. The van der Waals surface area contributed by atoms with Gasteiger partial charge in [0, 0.05) is 43.2 Å². The fraction of sp³-hybridized carbons (Fsp3) is 0.667. The standard InChI is InChI=1S/C33H46F2N6O5S/c1-4-47(43,44)38-25-6-7-27(45-18-25)17-39-11-9-33(10-12-39)19-40(20-33)31-30(16-36-21-37-31)46-29-8-5-23(34)15-28(29)32(42)41(22(2)3)26-13-24(35)14-26/h5,8,15-16,21-22,24-27,38H,4,6-7,9-14,17-20H2,1-3H3/t24?,25-,26?,27+/m1/s1. The van der Waals surface area contributed by atoms with E-state index < -0.39 is 22.0 Å². The fourth-order valence-electron chi connectivity index (χ4n) is 7.31. The largest absolute Gasteiger partial charge is 0.451 e. The molecule has 1 aromatic heterocycles. The van der Waals surface area contributed by atoms with Gasteiger partial charge in [0.25, 0.3) is 5.91 Å². The van der Waals surface area contributed by atoms with E-state index in [2.05, 4.69) is 24.5 Å². The van der Waals surface area contributed by atoms with E-state index in [-0.39, 0.29) is 65.5 Å². The van der Waals surface area contributed by atoms with Crippen molar-refractivity contribution in [1.29, 1.82) is 0 Å². The minimum absolute atomic E-state index is 0.0725. The number of hydrogen-bond donors (Lipinski definition) is 1. The number of alkyl halides is 1. The third-order valence-corrected chi connectivity index (χ3v) is 11.6. The number of sulfonamides is 1. The van der Waals surface area contributed by atoms with Gasteiger partial charge in [-0.05, 0) is 90.6 Å². The summed E-state index contributed by atoms with van der Waals surface area (Å²) in [6.45, 7) is 10.2. The first kappa shape index (κ1) is 33.9. The van der Waals surface area contributed by atoms with Crippen LogP contribution in [0.1, 0.15) is 69.7 Å². The number of aromatic nitrogens is 2. The third-order valence-electron chi connectivity index (χ3n) is 10.1. The molecule has 0 radical (unpaired) electrons. The number of carbonyl (C=O) groups excluding carboxylic acids is 1. The Kier molecular flexibility index (Phi) is 10.0. The van der Waals surface area contributed by atoms with E-state index in [1.807, 2.05) is 13.8 Å². The van der Waals surface area contributed by atoms with Gasteiger partial charge in [0.2, 0.25) is 10.0 Å². The minimum atomic E-state index is -3.23. The van der Waals surface area contributed by atoms with E-state index in [4.69, 9.17) is 9.47 Å². The second kappa shape index (κ2) is 13.9. The number of hydrogen-bond acceptors (Lipinski definition) is 9. The summed E-state index contributed by atoms with van der Waals surface area (Å²) in [5.74, 6) is 0.345. The lowest BCUT2D eigenvalue weighted by molar-refractivity contribution is -0.0299. The zero-order valence-corrected chi connectivity index (χ0v) is 28.2. The van der Waals surface area contributed by atoms with E-state index in [0.29, 0.717) is 18.2 Å². The molecule has 47 heavy (non-hydrogen) atoms. The van der Waals surface area contributed by atoms with E-state index in [0.717, 1.165) is 58.4 Å². The Morgan fingerprint density at radius 3 is 2.57 bits per heavy atom. The van der Waals surface area contributed by atoms with Crippen LogP contribution in [-0.2, 0) is 14.8 Å². The molecule has 1 N–H and O–H groups in total. The molecule has 0 unspecified atom stereocenters. The van der Waals surface area contributed by atoms with Gasteiger partial charge in [-0.1, -0.05) is 0 Å². The summed E-state index contributed by atoms with van der Waals surface area (Å²) in [5, 5.41) is 0. The summed E-state index contributed by atoms with van der Waals surface area (Å²) < 4.78 is 66.9. The summed E-state index contributed by atoms with van der Waals surface area (Å²) in [7, 11) is -3.23. The first-order chi connectivity index (χ1) is 22.4. The molecular formula is C33H46F2N6O5S. The number of piperidine rings is 1. The lowest BCUT2D eigenvalue weighted by atomic mass is 9.72. The highest BCUT2D eigenvalue weighted by molar-refractivity contribution is 7.89. The van der Waals surface area contributed by atoms with Crippen molar-refractivity contribution in [2.75, 3.05) is 50.0 Å². The lowest BCUT2D eigenvalue weighted by Crippen LogP contribution is -2.61. The quantitative estimate of drug-likeness (QED) is 0.375. The molecule has 1 amide bonds. The lowest BCUT2D eigenvalue weighted by Gasteiger charge is -2.54. The molecule has 4 aliphatic rings. The van der Waals surface area contributed by atoms with Crippen LogP contribution in [0.5, 0.6) is 11.5 Å². The van der Waals surface area contributed by atoms with Gasteiger partial charge in [-0.3, -0.25) is 4.79 Å². The van der Waals surface area contributed by atoms with Crippen LogP contribution in [0, 0.1) is 11.2 Å². The summed E-state index contributed by atoms with van der Waals surface area (Å²) >= 11 is 0. The highest BCUT2D eigenvalue weighted by Crippen LogP contribution is 2.45. The first-order valence-electron chi connectivity index (χ1n) is 16.8. The van der Waals surface area contributed by atoms with E-state index in [1.165, 1.54) is 24.5 Å². The van der Waals surface area contributed by atoms with E-state index >= 15 is 0 Å². The molecule has 11 nitrogen and oxygen atoms in total. The maximum atomic E-state index is 14.4. The van der Waals surface area contributed by atoms with Gasteiger partial charge in [0.15, 0.2) is 11.6 Å². The summed E-state index contributed by atoms with van der Waals surface area (Å²) in [6, 6.07) is 3.31. The molecule has 3 saturated heterocycles. The third kappa shape index (κ3) is 7.71. The minimum Gasteiger partial charge on any atom is -0.451 e. The van der Waals surface area contributed by atoms with Gasteiger partial charge in [-0.2, -0.15) is 0 Å². The van der Waals surface area contributed by atoms with Crippen LogP contribution >= 0.6 is 0 Å². The summed E-state index contributed by atoms with van der Waals surface area (Å²) in [6.07, 6.45) is 6.47. The van der Waals surface area contributed by atoms with Crippen molar-refractivity contribution in [3.8, 4) is 11.5 Å². The summed E-state index contributed by atoms with van der Waals surface area (Å²) in [5.41, 5.74) is 0.254. The predicted molar refractivity (Wildman–Crippen MR) is 173 cm³/mol. The molecule has 4 fully saturated rings. The fourth-order valence-corrected chi connectivity index (χ4v) is 8.17. The van der Waals surface area contributed by atoms with Crippen LogP contribution in [-0.4, -0.2) is 110 Å². The number of nitrogens with zero attached hydrogens (tertiary/aromatic N) is 5. The molecule has 3 aliphatic heterocycles. The van der Waals surface area contributed by atoms with Gasteiger partial charge >= 0.3 is 0 Å². The molecule has 6 rings (SSSR count). The maximum Gasteiger partial charge on any atom is 0.258 e. The smallest absolute Gasteiger partial charge is 0.258 e. The number of nitrogens with one attached hydrogen (secondary N) is 1. The number of likely N-dealkylation sites (tertiary alicyclic amines) is 1. The molecule has 1 saturated carbocycles. The number of anilines is 1. The predicted octanol–water partition coefficient (Wildman–Crippen LogP) is 4.15. The van der Waals surface area contributed by atoms with Gasteiger partial charge in [-0.15, -0.1) is 0 Å². The Morgan fingerprint density at radius 2 is 1.94 bits per heavy atom. The van der Waals surface area contributed by atoms with E-state index in [9.17, 15) is 22.0 Å². The van der Waals surface area contributed by atoms with Crippen molar-refractivity contribution >= 4 is 21.7 Å². The molecule has 258 valence electrons. The number of benzene rings is 1. The highest BCUT2D eigenvalue weighted by Gasteiger charge is 2.46. The van der Waals surface area contributed by atoms with Crippen molar-refractivity contribution in [2.24, 2.45) is 5.41 Å². The molecule has 14 heteroatoms. The van der Waals surface area contributed by atoms with Crippen LogP contribution in [0.3, 0.4) is 0 Å². The van der Waals surface area contributed by atoms with Gasteiger partial charge in [0.05, 0.1) is 30.2 Å². The van der Waals surface area contributed by atoms with Crippen molar-refractivity contribution in [1.82, 2.24) is 24.5 Å². The molecule has 4 heterocycles. The topological polar surface area (TPSA) is 117 Å². The average Bonchev–Trinajstić information content (AvgIpc) is 3.01. The van der Waals surface area contributed by atoms with Crippen molar-refractivity contribution in [2.45, 2.75) is 89.7 Å². The van der Waals surface area contributed by atoms with Crippen LogP contribution in [0.25, 0.3) is 0 Å². The SMILES string of the molecule is CCS(=O)(=O)N[C@@H]1CC[C@@H](CN2CCC3(CC2)CN(c2ncncc2Oc2ccc(F)cc2C(=O)N(C(C)C)C2CC(F)C2)C3)OC1. The zero-order valence-electron chi connectivity index (χ0n) is 27.4. The van der Waals surface area contributed by atoms with Crippen molar-refractivity contribution in [3.05, 3.63) is 42.1 Å². The summed E-state index contributed by atoms with van der Waals surface area (Å²) in [4.78, 5) is 28.6. The Balaban J connectivity index is 1.04. The van der Waals surface area contributed by atoms with Crippen LogP contribution in [0.2, 0.25) is 0 Å². The Hall–Kier alpha value is -2.94. The van der Waals surface area contributed by atoms with E-state index in [1.54, 1.807) is 18.0 Å². The van der Waals surface area contributed by atoms with Gasteiger partial charge in [-0.25, -0.2) is 31.9 Å². The molecule has 1 spiro atoms. The Labute approximate surface area is 276 Å². The second-order valence-corrected chi connectivity index (χ2v) is 15.9. The Bertz CT molecular complexity index is 1520. The van der Waals surface area contributed by atoms with Crippen LogP contribution in [0.15, 0.2) is 30.7 Å². The monoisotopic (exact) mass is 676 g/mol. The average molecular weight is 677 g/mol. The number of rotatable bonds is 11. The normalized spacial score (nSPS) is 26.1. The van der Waals surface area contributed by atoms with Crippen LogP contribution < -0.4 is 14.4 Å².